The molecule has 0 bridgehead atoms. The van der Waals surface area contributed by atoms with Crippen molar-refractivity contribution in [2.75, 3.05) is 13.7 Å². The van der Waals surface area contributed by atoms with Gasteiger partial charge in [0.05, 0.1) is 16.7 Å². The topological polar surface area (TPSA) is 48.1 Å². The SMILES string of the molecule is COCCC(N)c1csc(CC2CC2)n1. The predicted molar refractivity (Wildman–Crippen MR) is 62.0 cm³/mol. The first-order valence-electron chi connectivity index (χ1n) is 5.48. The van der Waals surface area contributed by atoms with Crippen LogP contribution in [0.4, 0.5) is 0 Å². The Bertz CT molecular complexity index is 309. The van der Waals surface area contributed by atoms with Gasteiger partial charge in [-0.3, -0.25) is 0 Å². The normalized spacial score (nSPS) is 18.0. The van der Waals surface area contributed by atoms with Crippen molar-refractivity contribution in [2.45, 2.75) is 31.7 Å². The number of methoxy groups -OCH3 is 1. The minimum absolute atomic E-state index is 0.0363. The Morgan fingerprint density at radius 2 is 2.47 bits per heavy atom. The number of aromatic nitrogens is 1. The lowest BCUT2D eigenvalue weighted by Crippen LogP contribution is -2.13. The van der Waals surface area contributed by atoms with Gasteiger partial charge >= 0.3 is 0 Å². The fourth-order valence-electron chi connectivity index (χ4n) is 1.55. The number of hydrogen-bond donors (Lipinski definition) is 1. The van der Waals surface area contributed by atoms with Crippen LogP contribution in [-0.2, 0) is 11.2 Å². The van der Waals surface area contributed by atoms with E-state index >= 15 is 0 Å². The summed E-state index contributed by atoms with van der Waals surface area (Å²) in [5, 5.41) is 3.35. The van der Waals surface area contributed by atoms with E-state index in [1.165, 1.54) is 17.8 Å². The second-order valence-corrected chi connectivity index (χ2v) is 5.14. The number of nitrogens with zero attached hydrogens (tertiary/aromatic N) is 1. The molecule has 1 aliphatic carbocycles. The first-order valence-corrected chi connectivity index (χ1v) is 6.36. The van der Waals surface area contributed by atoms with Crippen molar-refractivity contribution in [1.82, 2.24) is 4.98 Å². The number of nitrogens with two attached hydrogens (primary N) is 1. The van der Waals surface area contributed by atoms with Gasteiger partial charge in [0.1, 0.15) is 0 Å². The maximum atomic E-state index is 6.01. The number of ether oxygens (including phenoxy) is 1. The fraction of sp³-hybridized carbons (Fsp3) is 0.727. The summed E-state index contributed by atoms with van der Waals surface area (Å²) in [6.45, 7) is 0.705. The molecule has 15 heavy (non-hydrogen) atoms. The average Bonchev–Trinajstić information content (AvgIpc) is 2.91. The Kier molecular flexibility index (Phi) is 3.72. The van der Waals surface area contributed by atoms with Gasteiger partial charge in [-0.1, -0.05) is 0 Å². The lowest BCUT2D eigenvalue weighted by Gasteiger charge is -2.06. The van der Waals surface area contributed by atoms with Gasteiger partial charge in [-0.25, -0.2) is 4.98 Å². The van der Waals surface area contributed by atoms with Crippen LogP contribution in [0.25, 0.3) is 0 Å². The zero-order valence-electron chi connectivity index (χ0n) is 9.11. The quantitative estimate of drug-likeness (QED) is 0.808. The molecule has 0 aliphatic heterocycles. The molecule has 84 valence electrons. The lowest BCUT2D eigenvalue weighted by molar-refractivity contribution is 0.187. The van der Waals surface area contributed by atoms with Crippen LogP contribution in [0.3, 0.4) is 0 Å². The van der Waals surface area contributed by atoms with Gasteiger partial charge in [-0.15, -0.1) is 11.3 Å². The van der Waals surface area contributed by atoms with Gasteiger partial charge in [0.25, 0.3) is 0 Å². The first kappa shape index (κ1) is 11.0. The lowest BCUT2D eigenvalue weighted by atomic mass is 10.2. The summed E-state index contributed by atoms with van der Waals surface area (Å²) in [6.07, 6.45) is 4.76. The summed E-state index contributed by atoms with van der Waals surface area (Å²) in [5.41, 5.74) is 7.04. The maximum absolute atomic E-state index is 6.01. The molecule has 2 N–H and O–H groups in total. The van der Waals surface area contributed by atoms with Crippen LogP contribution in [0.15, 0.2) is 5.38 Å². The summed E-state index contributed by atoms with van der Waals surface area (Å²) in [6, 6.07) is 0.0363. The summed E-state index contributed by atoms with van der Waals surface area (Å²) in [5.74, 6) is 0.902. The average molecular weight is 226 g/mol. The minimum Gasteiger partial charge on any atom is -0.385 e. The van der Waals surface area contributed by atoms with Crippen molar-refractivity contribution in [1.29, 1.82) is 0 Å². The maximum Gasteiger partial charge on any atom is 0.0931 e. The van der Waals surface area contributed by atoms with Crippen molar-refractivity contribution >= 4 is 11.3 Å². The van der Waals surface area contributed by atoms with E-state index in [0.29, 0.717) is 6.61 Å². The third kappa shape index (κ3) is 3.26. The molecule has 0 radical (unpaired) electrons. The van der Waals surface area contributed by atoms with Gasteiger partial charge in [-0.05, 0) is 25.2 Å². The molecule has 1 aromatic rings. The molecule has 0 spiro atoms. The van der Waals surface area contributed by atoms with Crippen molar-refractivity contribution in [3.63, 3.8) is 0 Å². The molecular formula is C11H18N2OS. The largest absolute Gasteiger partial charge is 0.385 e. The molecule has 0 amide bonds. The predicted octanol–water partition coefficient (Wildman–Crippen LogP) is 2.13. The summed E-state index contributed by atoms with van der Waals surface area (Å²) in [4.78, 5) is 4.58. The highest BCUT2D eigenvalue weighted by atomic mass is 32.1. The molecule has 2 rings (SSSR count). The van der Waals surface area contributed by atoms with Gasteiger partial charge < -0.3 is 10.5 Å². The van der Waals surface area contributed by atoms with E-state index in [2.05, 4.69) is 10.4 Å². The van der Waals surface area contributed by atoms with E-state index in [4.69, 9.17) is 10.5 Å². The highest BCUT2D eigenvalue weighted by molar-refractivity contribution is 7.09. The molecule has 1 atom stereocenters. The molecule has 1 heterocycles. The molecule has 0 aromatic carbocycles. The van der Waals surface area contributed by atoms with Gasteiger partial charge in [-0.2, -0.15) is 0 Å². The van der Waals surface area contributed by atoms with Crippen LogP contribution in [-0.4, -0.2) is 18.7 Å². The second kappa shape index (κ2) is 5.05. The van der Waals surface area contributed by atoms with E-state index in [9.17, 15) is 0 Å². The van der Waals surface area contributed by atoms with Gasteiger partial charge in [0.15, 0.2) is 0 Å². The van der Waals surface area contributed by atoms with Crippen LogP contribution >= 0.6 is 11.3 Å². The van der Waals surface area contributed by atoms with E-state index < -0.39 is 0 Å². The third-order valence-electron chi connectivity index (χ3n) is 2.74. The summed E-state index contributed by atoms with van der Waals surface area (Å²) >= 11 is 1.75. The molecule has 1 fully saturated rings. The Morgan fingerprint density at radius 1 is 1.67 bits per heavy atom. The highest BCUT2D eigenvalue weighted by Gasteiger charge is 2.23. The zero-order chi connectivity index (χ0) is 10.7. The number of hydrogen-bond acceptors (Lipinski definition) is 4. The van der Waals surface area contributed by atoms with Crippen LogP contribution < -0.4 is 5.73 Å². The Hall–Kier alpha value is -0.450. The van der Waals surface area contributed by atoms with E-state index in [1.807, 2.05) is 0 Å². The fourth-order valence-corrected chi connectivity index (χ4v) is 2.53. The zero-order valence-corrected chi connectivity index (χ0v) is 9.93. The first-order chi connectivity index (χ1) is 7.29. The Morgan fingerprint density at radius 3 is 3.13 bits per heavy atom. The number of rotatable bonds is 6. The summed E-state index contributed by atoms with van der Waals surface area (Å²) < 4.78 is 5.01. The van der Waals surface area contributed by atoms with Crippen LogP contribution in [0, 0.1) is 5.92 Å². The summed E-state index contributed by atoms with van der Waals surface area (Å²) in [7, 11) is 1.70. The smallest absolute Gasteiger partial charge is 0.0931 e. The van der Waals surface area contributed by atoms with E-state index in [0.717, 1.165) is 24.5 Å². The number of thiazole rings is 1. The standard InChI is InChI=1S/C11H18N2OS/c1-14-5-4-9(12)10-7-15-11(13-10)6-8-2-3-8/h7-9H,2-6,12H2,1H3. The molecule has 3 nitrogen and oxygen atoms in total. The molecule has 1 unspecified atom stereocenters. The van der Waals surface area contributed by atoms with Crippen molar-refractivity contribution < 1.29 is 4.74 Å². The minimum atomic E-state index is 0.0363. The van der Waals surface area contributed by atoms with Crippen LogP contribution in [0.2, 0.25) is 0 Å². The van der Waals surface area contributed by atoms with Crippen molar-refractivity contribution in [3.05, 3.63) is 16.1 Å². The molecule has 1 saturated carbocycles. The Labute approximate surface area is 94.7 Å². The molecule has 1 aromatic heterocycles. The van der Waals surface area contributed by atoms with Crippen molar-refractivity contribution in [3.8, 4) is 0 Å². The van der Waals surface area contributed by atoms with E-state index in [1.54, 1.807) is 18.4 Å². The Balaban J connectivity index is 1.86. The monoisotopic (exact) mass is 226 g/mol. The van der Waals surface area contributed by atoms with Gasteiger partial charge in [0.2, 0.25) is 0 Å². The highest BCUT2D eigenvalue weighted by Crippen LogP contribution is 2.33. The van der Waals surface area contributed by atoms with Gasteiger partial charge in [0, 0.05) is 25.5 Å². The van der Waals surface area contributed by atoms with Crippen LogP contribution in [0.5, 0.6) is 0 Å². The van der Waals surface area contributed by atoms with Crippen LogP contribution in [0.1, 0.15) is 36.0 Å². The molecule has 1 aliphatic rings. The molecular weight excluding hydrogens is 208 g/mol. The third-order valence-corrected chi connectivity index (χ3v) is 3.63. The molecule has 0 saturated heterocycles. The van der Waals surface area contributed by atoms with E-state index in [-0.39, 0.29) is 6.04 Å². The molecule has 4 heteroatoms. The second-order valence-electron chi connectivity index (χ2n) is 4.20. The van der Waals surface area contributed by atoms with Crippen molar-refractivity contribution in [2.24, 2.45) is 11.7 Å².